The minimum Gasteiger partial charge on any atom is -0.354 e. The summed E-state index contributed by atoms with van der Waals surface area (Å²) in [4.78, 5) is 23.4. The molecule has 4 rings (SSSR count). The third-order valence-electron chi connectivity index (χ3n) is 5.10. The molecule has 0 amide bonds. The Balaban J connectivity index is 1.58. The molecule has 7 nitrogen and oxygen atoms in total. The molecule has 1 fully saturated rings. The van der Waals surface area contributed by atoms with Crippen LogP contribution in [0.25, 0.3) is 11.5 Å². The molecule has 8 heteroatoms. The van der Waals surface area contributed by atoms with Gasteiger partial charge in [0.05, 0.1) is 0 Å². The second-order valence-electron chi connectivity index (χ2n) is 6.97. The summed E-state index contributed by atoms with van der Waals surface area (Å²) in [6.45, 7) is 10.0. The third kappa shape index (κ3) is 3.82. The Hall–Kier alpha value is -2.61. The van der Waals surface area contributed by atoms with Gasteiger partial charge in [0.2, 0.25) is 5.13 Å². The number of rotatable bonds is 4. The Labute approximate surface area is 169 Å². The van der Waals surface area contributed by atoms with Crippen LogP contribution in [0.15, 0.2) is 24.4 Å². The summed E-state index contributed by atoms with van der Waals surface area (Å²) < 4.78 is 4.44. The summed E-state index contributed by atoms with van der Waals surface area (Å²) in [7, 11) is 0. The molecule has 0 saturated carbocycles. The first-order chi connectivity index (χ1) is 13.7. The predicted molar refractivity (Wildman–Crippen MR) is 113 cm³/mol. The number of nitrogens with zero attached hydrogens (tertiary/aromatic N) is 7. The molecule has 4 heterocycles. The molecule has 0 N–H and O–H groups in total. The van der Waals surface area contributed by atoms with Gasteiger partial charge < -0.3 is 9.80 Å². The van der Waals surface area contributed by atoms with Crippen LogP contribution in [0.2, 0.25) is 0 Å². The van der Waals surface area contributed by atoms with Crippen molar-refractivity contribution in [3.63, 3.8) is 0 Å². The van der Waals surface area contributed by atoms with Crippen LogP contribution in [-0.2, 0) is 6.42 Å². The molecule has 0 radical (unpaired) electrons. The molecular formula is C20H25N7S. The van der Waals surface area contributed by atoms with Crippen LogP contribution in [-0.4, -0.2) is 50.5 Å². The normalized spacial score (nSPS) is 15.0. The molecule has 0 aliphatic carbocycles. The predicted octanol–water partition coefficient (Wildman–Crippen LogP) is 3.29. The van der Waals surface area contributed by atoms with E-state index < -0.39 is 0 Å². The number of aryl methyl sites for hydroxylation is 2. The third-order valence-corrected chi connectivity index (χ3v) is 5.91. The zero-order valence-corrected chi connectivity index (χ0v) is 17.4. The van der Waals surface area contributed by atoms with Gasteiger partial charge in [-0.05, 0) is 32.4 Å². The van der Waals surface area contributed by atoms with E-state index in [0.717, 1.165) is 72.7 Å². The molecule has 1 aliphatic rings. The Kier molecular flexibility index (Phi) is 5.47. The second kappa shape index (κ2) is 8.18. The van der Waals surface area contributed by atoms with Crippen LogP contribution >= 0.6 is 11.5 Å². The Morgan fingerprint density at radius 1 is 1.00 bits per heavy atom. The first kappa shape index (κ1) is 18.7. The molecule has 0 unspecified atom stereocenters. The topological polar surface area (TPSA) is 70.9 Å². The van der Waals surface area contributed by atoms with Crippen molar-refractivity contribution >= 4 is 22.5 Å². The average molecular weight is 396 g/mol. The smallest absolute Gasteiger partial charge is 0.205 e. The maximum Gasteiger partial charge on any atom is 0.205 e. The monoisotopic (exact) mass is 395 g/mol. The molecule has 0 spiro atoms. The summed E-state index contributed by atoms with van der Waals surface area (Å²) in [5.74, 6) is 2.64. The maximum absolute atomic E-state index is 4.89. The van der Waals surface area contributed by atoms with Crippen molar-refractivity contribution in [1.29, 1.82) is 0 Å². The lowest BCUT2D eigenvalue weighted by Gasteiger charge is -2.25. The Morgan fingerprint density at radius 2 is 1.82 bits per heavy atom. The number of aromatic nitrogens is 5. The Morgan fingerprint density at radius 3 is 2.57 bits per heavy atom. The molecule has 3 aromatic heterocycles. The first-order valence-corrected chi connectivity index (χ1v) is 10.5. The quantitative estimate of drug-likeness (QED) is 0.671. The van der Waals surface area contributed by atoms with E-state index in [4.69, 9.17) is 4.98 Å². The molecule has 146 valence electrons. The van der Waals surface area contributed by atoms with Crippen LogP contribution < -0.4 is 9.80 Å². The van der Waals surface area contributed by atoms with E-state index in [1.165, 1.54) is 11.5 Å². The van der Waals surface area contributed by atoms with Crippen LogP contribution in [0.1, 0.15) is 30.4 Å². The number of hydrogen-bond donors (Lipinski definition) is 0. The highest BCUT2D eigenvalue weighted by atomic mass is 32.1. The largest absolute Gasteiger partial charge is 0.354 e. The lowest BCUT2D eigenvalue weighted by atomic mass is 10.2. The lowest BCUT2D eigenvalue weighted by Crippen LogP contribution is -2.32. The van der Waals surface area contributed by atoms with E-state index >= 15 is 0 Å². The van der Waals surface area contributed by atoms with Crippen LogP contribution in [0, 0.1) is 13.8 Å². The molecule has 3 aromatic rings. The molecule has 0 atom stereocenters. The molecule has 0 bridgehead atoms. The van der Waals surface area contributed by atoms with Crippen molar-refractivity contribution < 1.29 is 0 Å². The van der Waals surface area contributed by atoms with Crippen molar-refractivity contribution in [3.8, 4) is 11.5 Å². The van der Waals surface area contributed by atoms with Gasteiger partial charge in [0.25, 0.3) is 0 Å². The van der Waals surface area contributed by atoms with E-state index in [2.05, 4.69) is 43.0 Å². The van der Waals surface area contributed by atoms with Gasteiger partial charge in [-0.25, -0.2) is 15.0 Å². The van der Waals surface area contributed by atoms with E-state index in [1.54, 1.807) is 6.20 Å². The fourth-order valence-electron chi connectivity index (χ4n) is 3.37. The van der Waals surface area contributed by atoms with Crippen molar-refractivity contribution in [2.75, 3.05) is 36.0 Å². The highest BCUT2D eigenvalue weighted by Gasteiger charge is 2.21. The van der Waals surface area contributed by atoms with Gasteiger partial charge in [-0.2, -0.15) is 4.37 Å². The minimum absolute atomic E-state index is 0.691. The van der Waals surface area contributed by atoms with Crippen LogP contribution in [0.5, 0.6) is 0 Å². The molecular weight excluding hydrogens is 370 g/mol. The van der Waals surface area contributed by atoms with Crippen molar-refractivity contribution in [3.05, 3.63) is 41.5 Å². The summed E-state index contributed by atoms with van der Waals surface area (Å²) in [6, 6.07) is 5.84. The zero-order chi connectivity index (χ0) is 19.5. The van der Waals surface area contributed by atoms with Crippen molar-refractivity contribution in [2.24, 2.45) is 0 Å². The van der Waals surface area contributed by atoms with Crippen molar-refractivity contribution in [2.45, 2.75) is 33.6 Å². The standard InChI is InChI=1S/C20H25N7S/c1-4-17-23-20(28-25-17)27-11-7-10-26(12-13-27)19-14(2)15(3)22-18(24-19)16-8-5-6-9-21-16/h5-6,8-9H,4,7,10-13H2,1-3H3. The second-order valence-corrected chi connectivity index (χ2v) is 7.70. The van der Waals surface area contributed by atoms with Gasteiger partial charge in [0, 0.05) is 61.6 Å². The van der Waals surface area contributed by atoms with E-state index in [1.807, 2.05) is 25.1 Å². The highest BCUT2D eigenvalue weighted by molar-refractivity contribution is 7.09. The van der Waals surface area contributed by atoms with Gasteiger partial charge >= 0.3 is 0 Å². The van der Waals surface area contributed by atoms with Crippen molar-refractivity contribution in [1.82, 2.24) is 24.3 Å². The highest BCUT2D eigenvalue weighted by Crippen LogP contribution is 2.26. The first-order valence-electron chi connectivity index (χ1n) is 9.75. The molecule has 1 saturated heterocycles. The summed E-state index contributed by atoms with van der Waals surface area (Å²) in [5, 5.41) is 1.03. The number of hydrogen-bond acceptors (Lipinski definition) is 8. The average Bonchev–Trinajstić information content (AvgIpc) is 3.08. The minimum atomic E-state index is 0.691. The Bertz CT molecular complexity index is 941. The van der Waals surface area contributed by atoms with Gasteiger partial charge in [0.15, 0.2) is 5.82 Å². The van der Waals surface area contributed by atoms with E-state index in [-0.39, 0.29) is 0 Å². The molecule has 1 aliphatic heterocycles. The van der Waals surface area contributed by atoms with Crippen LogP contribution in [0.4, 0.5) is 10.9 Å². The van der Waals surface area contributed by atoms with Gasteiger partial charge in [-0.3, -0.25) is 4.98 Å². The van der Waals surface area contributed by atoms with E-state index in [9.17, 15) is 0 Å². The number of anilines is 2. The fourth-order valence-corrected chi connectivity index (χ4v) is 4.17. The maximum atomic E-state index is 4.89. The molecule has 0 aromatic carbocycles. The van der Waals surface area contributed by atoms with Gasteiger partial charge in [0.1, 0.15) is 17.3 Å². The zero-order valence-electron chi connectivity index (χ0n) is 16.6. The van der Waals surface area contributed by atoms with Gasteiger partial charge in [-0.15, -0.1) is 0 Å². The van der Waals surface area contributed by atoms with Gasteiger partial charge in [-0.1, -0.05) is 13.0 Å². The molecule has 28 heavy (non-hydrogen) atoms. The summed E-state index contributed by atoms with van der Waals surface area (Å²) >= 11 is 1.50. The van der Waals surface area contributed by atoms with Crippen LogP contribution in [0.3, 0.4) is 0 Å². The van der Waals surface area contributed by atoms with E-state index in [0.29, 0.717) is 5.82 Å². The SMILES string of the molecule is CCc1nsc(N2CCCN(c3nc(-c4ccccn4)nc(C)c3C)CC2)n1. The summed E-state index contributed by atoms with van der Waals surface area (Å²) in [6.07, 6.45) is 3.72. The number of pyridine rings is 1. The lowest BCUT2D eigenvalue weighted by molar-refractivity contribution is 0.790. The summed E-state index contributed by atoms with van der Waals surface area (Å²) in [5.41, 5.74) is 2.95. The fraction of sp³-hybridized carbons (Fsp3) is 0.450.